The van der Waals surface area contributed by atoms with Gasteiger partial charge < -0.3 is 5.11 Å². The largest absolute Gasteiger partial charge is 0.507 e. The van der Waals surface area contributed by atoms with E-state index in [1.165, 1.54) is 19.3 Å². The van der Waals surface area contributed by atoms with Gasteiger partial charge in [0.1, 0.15) is 5.75 Å². The summed E-state index contributed by atoms with van der Waals surface area (Å²) >= 11 is 3.37. The summed E-state index contributed by atoms with van der Waals surface area (Å²) in [4.78, 5) is 4.31. The molecule has 0 radical (unpaired) electrons. The van der Waals surface area contributed by atoms with Gasteiger partial charge in [-0.25, -0.2) is 0 Å². The summed E-state index contributed by atoms with van der Waals surface area (Å²) in [5.41, 5.74) is 0.768. The van der Waals surface area contributed by atoms with Crippen LogP contribution < -0.4 is 0 Å². The summed E-state index contributed by atoms with van der Waals surface area (Å²) in [6.07, 6.45) is 6.62. The lowest BCUT2D eigenvalue weighted by atomic mass is 10.2. The van der Waals surface area contributed by atoms with Gasteiger partial charge in [0.25, 0.3) is 0 Å². The standard InChI is InChI=1S/C13H18BrNO/c1-2-3-4-5-8-15-10-11-9-12(14)6-7-13(11)16/h6-7,9-10,16H,2-5,8H2,1H3. The molecule has 0 aliphatic carbocycles. The summed E-state index contributed by atoms with van der Waals surface area (Å²) in [6.45, 7) is 3.04. The minimum Gasteiger partial charge on any atom is -0.507 e. The van der Waals surface area contributed by atoms with Gasteiger partial charge in [0.05, 0.1) is 0 Å². The van der Waals surface area contributed by atoms with E-state index in [0.29, 0.717) is 0 Å². The molecule has 1 rings (SSSR count). The number of unbranched alkanes of at least 4 members (excludes halogenated alkanes) is 3. The lowest BCUT2D eigenvalue weighted by molar-refractivity contribution is 0.474. The second-order valence-electron chi connectivity index (χ2n) is 3.80. The Morgan fingerprint density at radius 3 is 2.88 bits per heavy atom. The molecule has 0 aliphatic heterocycles. The molecular formula is C13H18BrNO. The summed E-state index contributed by atoms with van der Waals surface area (Å²) in [5.74, 6) is 0.278. The van der Waals surface area contributed by atoms with Crippen LogP contribution in [0.4, 0.5) is 0 Å². The average molecular weight is 284 g/mol. The first-order valence-corrected chi connectivity index (χ1v) is 6.51. The van der Waals surface area contributed by atoms with Crippen LogP contribution in [0.3, 0.4) is 0 Å². The molecule has 16 heavy (non-hydrogen) atoms. The molecule has 3 heteroatoms. The SMILES string of the molecule is CCCCCCN=Cc1cc(Br)ccc1O. The molecule has 0 aromatic heterocycles. The highest BCUT2D eigenvalue weighted by atomic mass is 79.9. The smallest absolute Gasteiger partial charge is 0.124 e. The van der Waals surface area contributed by atoms with Crippen LogP contribution in [0, 0.1) is 0 Å². The average Bonchev–Trinajstić information content (AvgIpc) is 2.28. The fraction of sp³-hybridized carbons (Fsp3) is 0.462. The van der Waals surface area contributed by atoms with Gasteiger partial charge in [0.15, 0.2) is 0 Å². The zero-order valence-electron chi connectivity index (χ0n) is 9.62. The molecule has 0 saturated heterocycles. The van der Waals surface area contributed by atoms with Crippen LogP contribution >= 0.6 is 15.9 Å². The van der Waals surface area contributed by atoms with Crippen molar-refractivity contribution in [3.8, 4) is 5.75 Å². The summed E-state index contributed by atoms with van der Waals surface area (Å²) < 4.78 is 0.956. The Hall–Kier alpha value is -0.830. The maximum absolute atomic E-state index is 9.56. The van der Waals surface area contributed by atoms with Crippen LogP contribution in [-0.2, 0) is 0 Å². The Balaban J connectivity index is 2.40. The van der Waals surface area contributed by atoms with E-state index in [4.69, 9.17) is 0 Å². The third kappa shape index (κ3) is 4.79. The van der Waals surface area contributed by atoms with E-state index in [1.54, 1.807) is 12.3 Å². The van der Waals surface area contributed by atoms with Crippen molar-refractivity contribution in [3.63, 3.8) is 0 Å². The molecule has 0 heterocycles. The minimum atomic E-state index is 0.278. The first-order valence-electron chi connectivity index (χ1n) is 5.72. The van der Waals surface area contributed by atoms with Gasteiger partial charge in [-0.15, -0.1) is 0 Å². The van der Waals surface area contributed by atoms with Crippen molar-refractivity contribution in [3.05, 3.63) is 28.2 Å². The van der Waals surface area contributed by atoms with Gasteiger partial charge in [-0.05, 0) is 24.6 Å². The third-order valence-corrected chi connectivity index (χ3v) is 2.85. The van der Waals surface area contributed by atoms with Gasteiger partial charge >= 0.3 is 0 Å². The van der Waals surface area contributed by atoms with Crippen molar-refractivity contribution in [2.75, 3.05) is 6.54 Å². The van der Waals surface area contributed by atoms with Crippen molar-refractivity contribution in [2.45, 2.75) is 32.6 Å². The second-order valence-corrected chi connectivity index (χ2v) is 4.71. The highest BCUT2D eigenvalue weighted by Crippen LogP contribution is 2.20. The van der Waals surface area contributed by atoms with E-state index < -0.39 is 0 Å². The Morgan fingerprint density at radius 2 is 2.12 bits per heavy atom. The van der Waals surface area contributed by atoms with E-state index >= 15 is 0 Å². The minimum absolute atomic E-state index is 0.278. The highest BCUT2D eigenvalue weighted by Gasteiger charge is 1.97. The number of nitrogens with zero attached hydrogens (tertiary/aromatic N) is 1. The number of phenolic OH excluding ortho intramolecular Hbond substituents is 1. The Morgan fingerprint density at radius 1 is 1.31 bits per heavy atom. The number of benzene rings is 1. The topological polar surface area (TPSA) is 32.6 Å². The Kier molecular flexibility index (Phi) is 6.16. The maximum atomic E-state index is 9.56. The zero-order chi connectivity index (χ0) is 11.8. The van der Waals surface area contributed by atoms with Gasteiger partial charge in [0.2, 0.25) is 0 Å². The number of phenols is 1. The molecular weight excluding hydrogens is 266 g/mol. The van der Waals surface area contributed by atoms with Crippen LogP contribution in [0.1, 0.15) is 38.2 Å². The molecule has 1 aromatic carbocycles. The number of halogens is 1. The van der Waals surface area contributed by atoms with Crippen molar-refractivity contribution in [1.29, 1.82) is 0 Å². The van der Waals surface area contributed by atoms with E-state index in [0.717, 1.165) is 23.0 Å². The molecule has 0 unspecified atom stereocenters. The molecule has 88 valence electrons. The first kappa shape index (κ1) is 13.2. The van der Waals surface area contributed by atoms with Crippen molar-refractivity contribution < 1.29 is 5.11 Å². The zero-order valence-corrected chi connectivity index (χ0v) is 11.2. The molecule has 0 spiro atoms. The summed E-state index contributed by atoms with van der Waals surface area (Å²) in [5, 5.41) is 9.56. The summed E-state index contributed by atoms with van der Waals surface area (Å²) in [6, 6.07) is 5.35. The van der Waals surface area contributed by atoms with Crippen LogP contribution in [0.25, 0.3) is 0 Å². The molecule has 0 aliphatic rings. The van der Waals surface area contributed by atoms with Crippen LogP contribution in [-0.4, -0.2) is 17.9 Å². The summed E-state index contributed by atoms with van der Waals surface area (Å²) in [7, 11) is 0. The van der Waals surface area contributed by atoms with Crippen molar-refractivity contribution in [2.24, 2.45) is 4.99 Å². The molecule has 1 aromatic rings. The van der Waals surface area contributed by atoms with Crippen molar-refractivity contribution in [1.82, 2.24) is 0 Å². The van der Waals surface area contributed by atoms with Gasteiger partial charge in [-0.1, -0.05) is 42.1 Å². The lowest BCUT2D eigenvalue weighted by Crippen LogP contribution is -1.86. The first-order chi connectivity index (χ1) is 7.74. The van der Waals surface area contributed by atoms with E-state index in [1.807, 2.05) is 12.1 Å². The number of aromatic hydroxyl groups is 1. The van der Waals surface area contributed by atoms with Gasteiger partial charge in [-0.2, -0.15) is 0 Å². The monoisotopic (exact) mass is 283 g/mol. The van der Waals surface area contributed by atoms with Crippen LogP contribution in [0.5, 0.6) is 5.75 Å². The maximum Gasteiger partial charge on any atom is 0.124 e. The van der Waals surface area contributed by atoms with Crippen molar-refractivity contribution >= 4 is 22.1 Å². The van der Waals surface area contributed by atoms with Crippen LogP contribution in [0.15, 0.2) is 27.7 Å². The number of hydrogen-bond acceptors (Lipinski definition) is 2. The quantitative estimate of drug-likeness (QED) is 0.617. The van der Waals surface area contributed by atoms with E-state index in [-0.39, 0.29) is 5.75 Å². The highest BCUT2D eigenvalue weighted by molar-refractivity contribution is 9.10. The molecule has 0 atom stereocenters. The van der Waals surface area contributed by atoms with Gasteiger partial charge in [-0.3, -0.25) is 4.99 Å². The Labute approximate surface area is 106 Å². The molecule has 0 fully saturated rings. The molecule has 0 saturated carbocycles. The lowest BCUT2D eigenvalue weighted by Gasteiger charge is -1.99. The van der Waals surface area contributed by atoms with Gasteiger partial charge in [0, 0.05) is 22.8 Å². The number of hydrogen-bond donors (Lipinski definition) is 1. The normalized spacial score (nSPS) is 11.1. The van der Waals surface area contributed by atoms with E-state index in [2.05, 4.69) is 27.8 Å². The Bertz CT molecular complexity index is 350. The predicted octanol–water partition coefficient (Wildman–Crippen LogP) is 4.15. The molecule has 0 bridgehead atoms. The number of rotatable bonds is 6. The fourth-order valence-corrected chi connectivity index (χ4v) is 1.80. The number of aliphatic imine (C=N–C) groups is 1. The van der Waals surface area contributed by atoms with Crippen LogP contribution in [0.2, 0.25) is 0 Å². The third-order valence-electron chi connectivity index (χ3n) is 2.36. The molecule has 0 amide bonds. The van der Waals surface area contributed by atoms with E-state index in [9.17, 15) is 5.11 Å². The molecule has 1 N–H and O–H groups in total. The second kappa shape index (κ2) is 7.44. The fourth-order valence-electron chi connectivity index (χ4n) is 1.42. The molecule has 2 nitrogen and oxygen atoms in total. The predicted molar refractivity (Wildman–Crippen MR) is 72.4 cm³/mol.